The van der Waals surface area contributed by atoms with Crippen LogP contribution >= 0.6 is 15.9 Å². The molecule has 1 amide bonds. The Hall–Kier alpha value is -1.65. The van der Waals surface area contributed by atoms with Crippen molar-refractivity contribution in [1.29, 1.82) is 0 Å². The van der Waals surface area contributed by atoms with Gasteiger partial charge in [0.05, 0.1) is 0 Å². The van der Waals surface area contributed by atoms with Crippen molar-refractivity contribution in [3.63, 3.8) is 0 Å². The first-order chi connectivity index (χ1) is 11.1. The van der Waals surface area contributed by atoms with Gasteiger partial charge in [-0.1, -0.05) is 64.5 Å². The minimum atomic E-state index is 0.0183. The molecule has 4 heteroatoms. The number of rotatable bonds is 4. The van der Waals surface area contributed by atoms with E-state index in [1.807, 2.05) is 41.3 Å². The maximum absolute atomic E-state index is 12.5. The van der Waals surface area contributed by atoms with Crippen LogP contribution in [-0.4, -0.2) is 29.9 Å². The topological polar surface area (TPSA) is 46.3 Å². The summed E-state index contributed by atoms with van der Waals surface area (Å²) in [5, 5.41) is 0. The maximum Gasteiger partial charge on any atom is 0.222 e. The Bertz CT molecular complexity index is 674. The molecule has 0 aliphatic carbocycles. The number of nitrogens with zero attached hydrogens (tertiary/aromatic N) is 1. The summed E-state index contributed by atoms with van der Waals surface area (Å²) in [6.07, 6.45) is 1.28. The Kier molecular flexibility index (Phi) is 5.13. The summed E-state index contributed by atoms with van der Waals surface area (Å²) in [5.41, 5.74) is 8.66. The average Bonchev–Trinajstić information content (AvgIpc) is 2.96. The van der Waals surface area contributed by atoms with Gasteiger partial charge in [0.25, 0.3) is 0 Å². The van der Waals surface area contributed by atoms with Crippen molar-refractivity contribution in [2.24, 2.45) is 5.73 Å². The summed E-state index contributed by atoms with van der Waals surface area (Å²) >= 11 is 3.53. The molecule has 1 aliphatic heterocycles. The Labute approximate surface area is 145 Å². The van der Waals surface area contributed by atoms with Crippen LogP contribution in [0.1, 0.15) is 23.5 Å². The molecule has 2 aromatic carbocycles. The second-order valence-electron chi connectivity index (χ2n) is 6.07. The van der Waals surface area contributed by atoms with Crippen LogP contribution in [0.4, 0.5) is 0 Å². The Morgan fingerprint density at radius 2 is 1.78 bits per heavy atom. The summed E-state index contributed by atoms with van der Waals surface area (Å²) < 4.78 is 1.06. The first-order valence-electron chi connectivity index (χ1n) is 7.97. The van der Waals surface area contributed by atoms with Gasteiger partial charge in [0.15, 0.2) is 0 Å². The van der Waals surface area contributed by atoms with Gasteiger partial charge in [0.1, 0.15) is 0 Å². The summed E-state index contributed by atoms with van der Waals surface area (Å²) in [4.78, 5) is 14.4. The average molecular weight is 373 g/mol. The van der Waals surface area contributed by atoms with Crippen molar-refractivity contribution in [3.05, 3.63) is 70.2 Å². The zero-order valence-corrected chi connectivity index (χ0v) is 14.6. The minimum absolute atomic E-state index is 0.0183. The number of hydrogen-bond donors (Lipinski definition) is 1. The molecular weight excluding hydrogens is 352 g/mol. The fourth-order valence-corrected chi connectivity index (χ4v) is 3.67. The highest BCUT2D eigenvalue weighted by molar-refractivity contribution is 9.10. The summed E-state index contributed by atoms with van der Waals surface area (Å²) in [7, 11) is 0. The van der Waals surface area contributed by atoms with E-state index in [1.54, 1.807) is 0 Å². The normalized spacial score (nSPS) is 20.7. The third kappa shape index (κ3) is 3.82. The predicted molar refractivity (Wildman–Crippen MR) is 96.2 cm³/mol. The number of likely N-dealkylation sites (tertiary alicyclic amines) is 1. The Morgan fingerprint density at radius 1 is 1.09 bits per heavy atom. The largest absolute Gasteiger partial charge is 0.340 e. The molecule has 1 aliphatic rings. The van der Waals surface area contributed by atoms with Crippen LogP contribution in [-0.2, 0) is 11.2 Å². The molecule has 1 fully saturated rings. The standard InChI is InChI=1S/C19H21BrN2O/c20-17-9-5-4-8-15(17)10-11-19(23)22-12-16(18(21)13-22)14-6-2-1-3-7-14/h1-9,16,18H,10-13,21H2/t16-,18+/m0/s1. The minimum Gasteiger partial charge on any atom is -0.340 e. The molecule has 0 radical (unpaired) electrons. The van der Waals surface area contributed by atoms with Gasteiger partial charge in [-0.3, -0.25) is 4.79 Å². The zero-order chi connectivity index (χ0) is 16.2. The van der Waals surface area contributed by atoms with E-state index in [4.69, 9.17) is 5.73 Å². The molecule has 2 N–H and O–H groups in total. The van der Waals surface area contributed by atoms with Crippen molar-refractivity contribution in [2.75, 3.05) is 13.1 Å². The highest BCUT2D eigenvalue weighted by atomic mass is 79.9. The van der Waals surface area contributed by atoms with E-state index in [-0.39, 0.29) is 17.9 Å². The van der Waals surface area contributed by atoms with Crippen molar-refractivity contribution in [1.82, 2.24) is 4.90 Å². The first kappa shape index (κ1) is 16.2. The lowest BCUT2D eigenvalue weighted by atomic mass is 9.95. The van der Waals surface area contributed by atoms with E-state index in [9.17, 15) is 4.79 Å². The number of nitrogens with two attached hydrogens (primary N) is 1. The fraction of sp³-hybridized carbons (Fsp3) is 0.316. The second kappa shape index (κ2) is 7.28. The second-order valence-corrected chi connectivity index (χ2v) is 6.93. The van der Waals surface area contributed by atoms with Gasteiger partial charge >= 0.3 is 0 Å². The molecule has 0 spiro atoms. The van der Waals surface area contributed by atoms with E-state index >= 15 is 0 Å². The number of aryl methyl sites for hydroxylation is 1. The summed E-state index contributed by atoms with van der Waals surface area (Å²) in [5.74, 6) is 0.429. The third-order valence-electron chi connectivity index (χ3n) is 4.51. The molecule has 23 heavy (non-hydrogen) atoms. The lowest BCUT2D eigenvalue weighted by Gasteiger charge is -2.16. The van der Waals surface area contributed by atoms with Crippen molar-refractivity contribution in [3.8, 4) is 0 Å². The van der Waals surface area contributed by atoms with Gasteiger partial charge < -0.3 is 10.6 Å². The quantitative estimate of drug-likeness (QED) is 0.894. The molecule has 3 nitrogen and oxygen atoms in total. The third-order valence-corrected chi connectivity index (χ3v) is 5.29. The lowest BCUT2D eigenvalue weighted by molar-refractivity contribution is -0.130. The van der Waals surface area contributed by atoms with Crippen LogP contribution in [0.25, 0.3) is 0 Å². The zero-order valence-electron chi connectivity index (χ0n) is 13.0. The Balaban J connectivity index is 1.60. The molecule has 2 atom stereocenters. The van der Waals surface area contributed by atoms with Gasteiger partial charge in [0.2, 0.25) is 5.91 Å². The van der Waals surface area contributed by atoms with Crippen molar-refractivity contribution < 1.29 is 4.79 Å². The number of amides is 1. The number of carbonyl (C=O) groups is 1. The molecule has 0 bridgehead atoms. The maximum atomic E-state index is 12.5. The van der Waals surface area contributed by atoms with Gasteiger partial charge in [-0.25, -0.2) is 0 Å². The van der Waals surface area contributed by atoms with E-state index in [0.29, 0.717) is 13.0 Å². The molecule has 2 aromatic rings. The van der Waals surface area contributed by atoms with Crippen LogP contribution < -0.4 is 5.73 Å². The van der Waals surface area contributed by atoms with Crippen LogP contribution in [0.5, 0.6) is 0 Å². The molecule has 3 rings (SSSR count). The Morgan fingerprint density at radius 3 is 2.52 bits per heavy atom. The van der Waals surface area contributed by atoms with Crippen LogP contribution in [0, 0.1) is 0 Å². The molecular formula is C19H21BrN2O. The fourth-order valence-electron chi connectivity index (χ4n) is 3.19. The number of hydrogen-bond acceptors (Lipinski definition) is 2. The summed E-state index contributed by atoms with van der Waals surface area (Å²) in [6, 6.07) is 18.3. The molecule has 120 valence electrons. The van der Waals surface area contributed by atoms with Crippen molar-refractivity contribution in [2.45, 2.75) is 24.8 Å². The SMILES string of the molecule is N[C@@H]1CN(C(=O)CCc2ccccc2Br)C[C@H]1c1ccccc1. The van der Waals surface area contributed by atoms with Gasteiger partial charge in [-0.05, 0) is 23.6 Å². The molecule has 0 saturated carbocycles. The predicted octanol–water partition coefficient (Wildman–Crippen LogP) is 3.34. The van der Waals surface area contributed by atoms with E-state index in [2.05, 4.69) is 34.1 Å². The van der Waals surface area contributed by atoms with Crippen LogP contribution in [0.2, 0.25) is 0 Å². The monoisotopic (exact) mass is 372 g/mol. The van der Waals surface area contributed by atoms with E-state index < -0.39 is 0 Å². The number of benzene rings is 2. The van der Waals surface area contributed by atoms with E-state index in [0.717, 1.165) is 17.4 Å². The van der Waals surface area contributed by atoms with Crippen molar-refractivity contribution >= 4 is 21.8 Å². The van der Waals surface area contributed by atoms with Crippen LogP contribution in [0.15, 0.2) is 59.1 Å². The smallest absolute Gasteiger partial charge is 0.222 e. The number of carbonyl (C=O) groups excluding carboxylic acids is 1. The molecule has 0 aromatic heterocycles. The molecule has 0 unspecified atom stereocenters. The lowest BCUT2D eigenvalue weighted by Crippen LogP contribution is -2.32. The molecule has 1 heterocycles. The van der Waals surface area contributed by atoms with Crippen LogP contribution in [0.3, 0.4) is 0 Å². The van der Waals surface area contributed by atoms with Gasteiger partial charge in [-0.15, -0.1) is 0 Å². The molecule has 1 saturated heterocycles. The van der Waals surface area contributed by atoms with Gasteiger partial charge in [-0.2, -0.15) is 0 Å². The highest BCUT2D eigenvalue weighted by Crippen LogP contribution is 2.27. The summed E-state index contributed by atoms with van der Waals surface area (Å²) in [6.45, 7) is 1.37. The highest BCUT2D eigenvalue weighted by Gasteiger charge is 2.33. The number of halogens is 1. The first-order valence-corrected chi connectivity index (χ1v) is 8.76. The van der Waals surface area contributed by atoms with E-state index in [1.165, 1.54) is 11.1 Å². The van der Waals surface area contributed by atoms with Gasteiger partial charge in [0, 0.05) is 35.9 Å².